The number of fused-ring (bicyclic) bond motifs is 3. The van der Waals surface area contributed by atoms with Gasteiger partial charge in [0.25, 0.3) is 0 Å². The van der Waals surface area contributed by atoms with E-state index in [1.165, 1.54) is 30.1 Å². The summed E-state index contributed by atoms with van der Waals surface area (Å²) in [6.45, 7) is 3.26. The van der Waals surface area contributed by atoms with E-state index in [-0.39, 0.29) is 10.9 Å². The van der Waals surface area contributed by atoms with Crippen LogP contribution < -0.4 is 9.46 Å². The number of carboxylic acid groups (broad SMARTS) is 1. The lowest BCUT2D eigenvalue weighted by molar-refractivity contribution is -0.140. The summed E-state index contributed by atoms with van der Waals surface area (Å²) in [5.74, 6) is -1.66. The van der Waals surface area contributed by atoms with Crippen LogP contribution in [0, 0.1) is 5.92 Å². The van der Waals surface area contributed by atoms with Crippen LogP contribution in [-0.4, -0.2) is 52.9 Å². The Morgan fingerprint density at radius 2 is 1.94 bits per heavy atom. The number of carbonyl (C=O) groups is 1. The molecule has 0 unspecified atom stereocenters. The van der Waals surface area contributed by atoms with Crippen LogP contribution in [0.1, 0.15) is 13.8 Å². The molecule has 2 heterocycles. The van der Waals surface area contributed by atoms with Gasteiger partial charge in [0.05, 0.1) is 17.7 Å². The fraction of sp³-hybridized carbons (Fsp3) is 0.263. The number of nitrogens with one attached hydrogen (secondary N) is 1. The number of nitrogens with zero attached hydrogens (tertiary/aromatic N) is 4. The minimum absolute atomic E-state index is 0.0543. The van der Waals surface area contributed by atoms with Crippen molar-refractivity contribution < 1.29 is 27.5 Å². The minimum Gasteiger partial charge on any atom is -0.480 e. The van der Waals surface area contributed by atoms with E-state index in [0.29, 0.717) is 27.6 Å². The van der Waals surface area contributed by atoms with Crippen LogP contribution in [0.3, 0.4) is 0 Å². The number of aromatic nitrogens is 4. The van der Waals surface area contributed by atoms with Crippen LogP contribution in [0.2, 0.25) is 0 Å². The van der Waals surface area contributed by atoms with Gasteiger partial charge < -0.3 is 14.3 Å². The molecule has 4 aromatic rings. The molecule has 0 saturated carbocycles. The SMILES string of the molecule is COc1nnn(-c2ccc3c(c2)oc2ccc(S(=O)(=O)N[C@@H](C(=O)O)C(C)C)cc23)n1. The normalized spacial score (nSPS) is 13.2. The number of ether oxygens (including phenoxy) is 1. The molecule has 0 spiro atoms. The fourth-order valence-corrected chi connectivity index (χ4v) is 4.50. The van der Waals surface area contributed by atoms with Gasteiger partial charge in [-0.1, -0.05) is 24.0 Å². The highest BCUT2D eigenvalue weighted by Crippen LogP contribution is 2.31. The molecule has 0 aliphatic rings. The predicted octanol–water partition coefficient (Wildman–Crippen LogP) is 1.96. The Bertz CT molecular complexity index is 1390. The summed E-state index contributed by atoms with van der Waals surface area (Å²) in [4.78, 5) is 12.6. The average molecular weight is 445 g/mol. The molecule has 12 heteroatoms. The highest BCUT2D eigenvalue weighted by molar-refractivity contribution is 7.89. The van der Waals surface area contributed by atoms with Crippen molar-refractivity contribution in [2.75, 3.05) is 7.11 Å². The van der Waals surface area contributed by atoms with Gasteiger partial charge in [0.1, 0.15) is 17.2 Å². The molecule has 0 amide bonds. The lowest BCUT2D eigenvalue weighted by atomic mass is 10.1. The smallest absolute Gasteiger partial charge is 0.356 e. The molecule has 162 valence electrons. The van der Waals surface area contributed by atoms with Gasteiger partial charge in [-0.2, -0.15) is 4.72 Å². The van der Waals surface area contributed by atoms with Gasteiger partial charge in [-0.25, -0.2) is 8.42 Å². The molecule has 0 aliphatic carbocycles. The summed E-state index contributed by atoms with van der Waals surface area (Å²) in [5, 5.41) is 22.2. The molecule has 0 radical (unpaired) electrons. The van der Waals surface area contributed by atoms with Crippen LogP contribution in [-0.2, 0) is 14.8 Å². The highest BCUT2D eigenvalue weighted by atomic mass is 32.2. The average Bonchev–Trinajstić information content (AvgIpc) is 3.35. The van der Waals surface area contributed by atoms with Crippen LogP contribution >= 0.6 is 0 Å². The maximum Gasteiger partial charge on any atom is 0.356 e. The van der Waals surface area contributed by atoms with Gasteiger partial charge >= 0.3 is 12.0 Å². The molecule has 0 bridgehead atoms. The molecule has 0 fully saturated rings. The number of benzene rings is 2. The minimum atomic E-state index is -4.06. The third-order valence-corrected chi connectivity index (χ3v) is 6.20. The predicted molar refractivity (Wildman–Crippen MR) is 110 cm³/mol. The van der Waals surface area contributed by atoms with Crippen molar-refractivity contribution in [2.45, 2.75) is 24.8 Å². The van der Waals surface area contributed by atoms with Crippen molar-refractivity contribution in [1.82, 2.24) is 24.9 Å². The van der Waals surface area contributed by atoms with Gasteiger partial charge in [-0.3, -0.25) is 4.79 Å². The Hall–Kier alpha value is -3.51. The van der Waals surface area contributed by atoms with E-state index in [9.17, 15) is 18.3 Å². The summed E-state index contributed by atoms with van der Waals surface area (Å²) in [5.41, 5.74) is 1.56. The zero-order chi connectivity index (χ0) is 22.3. The molecule has 1 atom stereocenters. The first-order valence-corrected chi connectivity index (χ1v) is 10.7. The van der Waals surface area contributed by atoms with Crippen LogP contribution in [0.25, 0.3) is 27.6 Å². The molecule has 31 heavy (non-hydrogen) atoms. The number of carboxylic acids is 1. The molecule has 2 N–H and O–H groups in total. The molecule has 0 aliphatic heterocycles. The standard InChI is InChI=1S/C19H19N5O6S/c1-10(2)17(18(25)26)22-31(27,28)12-5-7-15-14(9-12)13-6-4-11(8-16(13)30-15)24-21-19(29-3)20-23-24/h4-10,17,22H,1-3H3,(H,25,26)/t17-/m1/s1. The highest BCUT2D eigenvalue weighted by Gasteiger charge is 2.28. The zero-order valence-electron chi connectivity index (χ0n) is 16.8. The second-order valence-corrected chi connectivity index (χ2v) is 8.90. The number of methoxy groups -OCH3 is 1. The number of rotatable bonds is 7. The van der Waals surface area contributed by atoms with Crippen molar-refractivity contribution in [2.24, 2.45) is 5.92 Å². The lowest BCUT2D eigenvalue weighted by Crippen LogP contribution is -2.44. The molecular weight excluding hydrogens is 426 g/mol. The Morgan fingerprint density at radius 1 is 1.16 bits per heavy atom. The van der Waals surface area contributed by atoms with Gasteiger partial charge in [0.15, 0.2) is 0 Å². The van der Waals surface area contributed by atoms with E-state index in [0.717, 1.165) is 0 Å². The Labute approximate surface area is 176 Å². The number of hydrogen-bond acceptors (Lipinski definition) is 8. The molecule has 2 aromatic carbocycles. The van der Waals surface area contributed by atoms with E-state index >= 15 is 0 Å². The van der Waals surface area contributed by atoms with Crippen LogP contribution in [0.4, 0.5) is 0 Å². The second kappa shape index (κ2) is 7.63. The summed E-state index contributed by atoms with van der Waals surface area (Å²) in [6.07, 6.45) is 0. The number of hydrogen-bond donors (Lipinski definition) is 2. The van der Waals surface area contributed by atoms with Crippen molar-refractivity contribution in [3.63, 3.8) is 0 Å². The molecule has 4 rings (SSSR count). The van der Waals surface area contributed by atoms with E-state index in [1.54, 1.807) is 32.0 Å². The van der Waals surface area contributed by atoms with E-state index in [4.69, 9.17) is 9.15 Å². The first kappa shape index (κ1) is 20.8. The third kappa shape index (κ3) is 3.82. The Kier molecular flexibility index (Phi) is 5.11. The second-order valence-electron chi connectivity index (χ2n) is 7.19. The maximum absolute atomic E-state index is 12.8. The molecular formula is C19H19N5O6S. The van der Waals surface area contributed by atoms with Gasteiger partial charge in [-0.05, 0) is 41.5 Å². The maximum atomic E-state index is 12.8. The number of aliphatic carboxylic acids is 1. The number of tetrazole rings is 1. The zero-order valence-corrected chi connectivity index (χ0v) is 17.6. The van der Waals surface area contributed by atoms with Crippen molar-refractivity contribution in [3.8, 4) is 11.7 Å². The summed E-state index contributed by atoms with van der Waals surface area (Å²) in [6, 6.07) is 8.43. The van der Waals surface area contributed by atoms with Gasteiger partial charge in [0, 0.05) is 16.8 Å². The monoisotopic (exact) mass is 445 g/mol. The van der Waals surface area contributed by atoms with Crippen molar-refractivity contribution in [1.29, 1.82) is 0 Å². The van der Waals surface area contributed by atoms with Crippen LogP contribution in [0.5, 0.6) is 6.01 Å². The first-order valence-electron chi connectivity index (χ1n) is 9.25. The van der Waals surface area contributed by atoms with E-state index in [1.807, 2.05) is 0 Å². The first-order chi connectivity index (χ1) is 14.7. The summed E-state index contributed by atoms with van der Waals surface area (Å²) >= 11 is 0. The number of furan rings is 1. The molecule has 11 nitrogen and oxygen atoms in total. The Balaban J connectivity index is 1.75. The fourth-order valence-electron chi connectivity index (χ4n) is 3.14. The summed E-state index contributed by atoms with van der Waals surface area (Å²) < 4.78 is 38.6. The number of sulfonamides is 1. The molecule has 2 aromatic heterocycles. The lowest BCUT2D eigenvalue weighted by Gasteiger charge is -2.17. The molecule has 0 saturated heterocycles. The van der Waals surface area contributed by atoms with Gasteiger partial charge in [-0.15, -0.1) is 4.80 Å². The van der Waals surface area contributed by atoms with E-state index < -0.39 is 28.0 Å². The van der Waals surface area contributed by atoms with Crippen LogP contribution in [0.15, 0.2) is 45.7 Å². The van der Waals surface area contributed by atoms with Crippen molar-refractivity contribution >= 4 is 37.9 Å². The Morgan fingerprint density at radius 3 is 2.58 bits per heavy atom. The van der Waals surface area contributed by atoms with Crippen molar-refractivity contribution in [3.05, 3.63) is 36.4 Å². The third-order valence-electron chi connectivity index (χ3n) is 4.76. The topological polar surface area (TPSA) is 149 Å². The van der Waals surface area contributed by atoms with E-state index in [2.05, 4.69) is 20.1 Å². The quantitative estimate of drug-likeness (QED) is 0.435. The largest absolute Gasteiger partial charge is 0.480 e. The van der Waals surface area contributed by atoms with Gasteiger partial charge in [0.2, 0.25) is 10.0 Å². The summed E-state index contributed by atoms with van der Waals surface area (Å²) in [7, 11) is -2.62.